The zero-order valence-corrected chi connectivity index (χ0v) is 18.5. The third kappa shape index (κ3) is 5.94. The maximum absolute atomic E-state index is 13.1. The molecule has 31 heavy (non-hydrogen) atoms. The molecule has 0 aromatic heterocycles. The molecule has 0 saturated carbocycles. The molecule has 6 heteroatoms. The number of anilines is 1. The van der Waals surface area contributed by atoms with Crippen LogP contribution in [0.1, 0.15) is 49.5 Å². The Bertz CT molecular complexity index is 935. The van der Waals surface area contributed by atoms with Crippen LogP contribution in [0.3, 0.4) is 0 Å². The predicted molar refractivity (Wildman–Crippen MR) is 122 cm³/mol. The van der Waals surface area contributed by atoms with Crippen molar-refractivity contribution < 1.29 is 14.4 Å². The highest BCUT2D eigenvalue weighted by atomic mass is 16.2. The highest BCUT2D eigenvalue weighted by molar-refractivity contribution is 6.00. The third-order valence-electron chi connectivity index (χ3n) is 5.42. The van der Waals surface area contributed by atoms with Crippen LogP contribution in [0.2, 0.25) is 0 Å². The van der Waals surface area contributed by atoms with Crippen molar-refractivity contribution in [1.29, 1.82) is 0 Å². The van der Waals surface area contributed by atoms with E-state index in [2.05, 4.69) is 10.6 Å². The molecule has 3 amide bonds. The zero-order valence-electron chi connectivity index (χ0n) is 18.5. The Labute approximate surface area is 184 Å². The van der Waals surface area contributed by atoms with Gasteiger partial charge in [0, 0.05) is 29.8 Å². The van der Waals surface area contributed by atoms with Gasteiger partial charge in [0.2, 0.25) is 11.8 Å². The molecule has 3 rings (SSSR count). The Balaban J connectivity index is 1.62. The zero-order chi connectivity index (χ0) is 22.4. The van der Waals surface area contributed by atoms with Gasteiger partial charge in [-0.2, -0.15) is 0 Å². The average molecular weight is 422 g/mol. The van der Waals surface area contributed by atoms with E-state index >= 15 is 0 Å². The van der Waals surface area contributed by atoms with Crippen LogP contribution in [0.5, 0.6) is 0 Å². The van der Waals surface area contributed by atoms with Crippen molar-refractivity contribution in [1.82, 2.24) is 10.2 Å². The van der Waals surface area contributed by atoms with E-state index in [1.54, 1.807) is 29.2 Å². The molecule has 1 aliphatic rings. The summed E-state index contributed by atoms with van der Waals surface area (Å²) in [5.74, 6) is -0.416. The van der Waals surface area contributed by atoms with E-state index in [0.29, 0.717) is 30.8 Å². The van der Waals surface area contributed by atoms with Crippen LogP contribution in [0.15, 0.2) is 54.6 Å². The van der Waals surface area contributed by atoms with Crippen molar-refractivity contribution in [3.05, 3.63) is 65.7 Å². The van der Waals surface area contributed by atoms with Crippen molar-refractivity contribution in [2.75, 3.05) is 18.4 Å². The Hall–Kier alpha value is -3.15. The molecule has 1 aliphatic heterocycles. The molecule has 6 nitrogen and oxygen atoms in total. The lowest BCUT2D eigenvalue weighted by atomic mass is 9.95. The normalized spacial score (nSPS) is 16.1. The van der Waals surface area contributed by atoms with Gasteiger partial charge in [-0.3, -0.25) is 14.4 Å². The molecule has 0 spiro atoms. The number of carbonyl (C=O) groups excluding carboxylic acids is 3. The SMILES string of the molecule is CC(C)(C)C(=O)Nc1cccc(C(=O)N2CCCC2C(=O)NCCc2ccccc2)c1. The lowest BCUT2D eigenvalue weighted by molar-refractivity contribution is -0.125. The molecule has 1 fully saturated rings. The largest absolute Gasteiger partial charge is 0.354 e. The van der Waals surface area contributed by atoms with Gasteiger partial charge < -0.3 is 15.5 Å². The molecule has 0 radical (unpaired) electrons. The average Bonchev–Trinajstić information content (AvgIpc) is 3.23. The Morgan fingerprint density at radius 3 is 2.48 bits per heavy atom. The molecule has 2 aromatic carbocycles. The minimum Gasteiger partial charge on any atom is -0.354 e. The summed E-state index contributed by atoms with van der Waals surface area (Å²) in [6.07, 6.45) is 2.20. The highest BCUT2D eigenvalue weighted by Gasteiger charge is 2.34. The van der Waals surface area contributed by atoms with Gasteiger partial charge in [-0.05, 0) is 43.0 Å². The molecule has 164 valence electrons. The molecular formula is C25H31N3O3. The summed E-state index contributed by atoms with van der Waals surface area (Å²) in [6.45, 7) is 6.59. The standard InChI is InChI=1S/C25H31N3O3/c1-25(2,3)24(31)27-20-12-7-11-19(17-20)23(30)28-16-8-13-21(28)22(29)26-15-14-18-9-5-4-6-10-18/h4-7,9-12,17,21H,8,13-16H2,1-3H3,(H,26,29)(H,27,31). The van der Waals surface area contributed by atoms with Crippen molar-refractivity contribution in [2.24, 2.45) is 5.41 Å². The van der Waals surface area contributed by atoms with Gasteiger partial charge in [0.1, 0.15) is 6.04 Å². The molecule has 2 N–H and O–H groups in total. The van der Waals surface area contributed by atoms with Crippen LogP contribution < -0.4 is 10.6 Å². The fourth-order valence-electron chi connectivity index (χ4n) is 3.59. The molecule has 1 saturated heterocycles. The van der Waals surface area contributed by atoms with E-state index in [0.717, 1.165) is 18.4 Å². The van der Waals surface area contributed by atoms with Crippen LogP contribution in [-0.4, -0.2) is 41.8 Å². The Morgan fingerprint density at radius 1 is 1.03 bits per heavy atom. The fourth-order valence-corrected chi connectivity index (χ4v) is 3.59. The molecule has 0 bridgehead atoms. The lowest BCUT2D eigenvalue weighted by Gasteiger charge is -2.24. The van der Waals surface area contributed by atoms with Gasteiger partial charge in [-0.25, -0.2) is 0 Å². The van der Waals surface area contributed by atoms with Gasteiger partial charge >= 0.3 is 0 Å². The number of carbonyl (C=O) groups is 3. The number of likely N-dealkylation sites (tertiary alicyclic amines) is 1. The molecule has 0 aliphatic carbocycles. The van der Waals surface area contributed by atoms with Gasteiger partial charge in [-0.15, -0.1) is 0 Å². The Morgan fingerprint density at radius 2 is 1.77 bits per heavy atom. The molecule has 1 atom stereocenters. The first-order chi connectivity index (χ1) is 14.8. The first kappa shape index (κ1) is 22.5. The van der Waals surface area contributed by atoms with Crippen LogP contribution in [0, 0.1) is 5.41 Å². The summed E-state index contributed by atoms with van der Waals surface area (Å²) in [6, 6.07) is 16.4. The second-order valence-electron chi connectivity index (χ2n) is 8.97. The summed E-state index contributed by atoms with van der Waals surface area (Å²) in [5.41, 5.74) is 1.68. The van der Waals surface area contributed by atoms with Gasteiger partial charge in [0.25, 0.3) is 5.91 Å². The van der Waals surface area contributed by atoms with Gasteiger partial charge in [0.15, 0.2) is 0 Å². The maximum Gasteiger partial charge on any atom is 0.254 e. The first-order valence-corrected chi connectivity index (χ1v) is 10.8. The molecular weight excluding hydrogens is 390 g/mol. The number of hydrogen-bond donors (Lipinski definition) is 2. The van der Waals surface area contributed by atoms with Crippen LogP contribution >= 0.6 is 0 Å². The summed E-state index contributed by atoms with van der Waals surface area (Å²) in [5, 5.41) is 5.83. The number of nitrogens with zero attached hydrogens (tertiary/aromatic N) is 1. The van der Waals surface area contributed by atoms with Crippen LogP contribution in [0.25, 0.3) is 0 Å². The lowest BCUT2D eigenvalue weighted by Crippen LogP contribution is -2.46. The van der Waals surface area contributed by atoms with E-state index in [4.69, 9.17) is 0 Å². The summed E-state index contributed by atoms with van der Waals surface area (Å²) in [7, 11) is 0. The van der Waals surface area contributed by atoms with Gasteiger partial charge in [-0.1, -0.05) is 57.2 Å². The van der Waals surface area contributed by atoms with Crippen LogP contribution in [0.4, 0.5) is 5.69 Å². The first-order valence-electron chi connectivity index (χ1n) is 10.8. The van der Waals surface area contributed by atoms with Crippen molar-refractivity contribution in [2.45, 2.75) is 46.1 Å². The minimum atomic E-state index is -0.530. The van der Waals surface area contributed by atoms with E-state index in [1.165, 1.54) is 0 Å². The van der Waals surface area contributed by atoms with E-state index in [1.807, 2.05) is 51.1 Å². The van der Waals surface area contributed by atoms with Gasteiger partial charge in [0.05, 0.1) is 0 Å². The smallest absolute Gasteiger partial charge is 0.254 e. The summed E-state index contributed by atoms with van der Waals surface area (Å²) in [4.78, 5) is 39.8. The summed E-state index contributed by atoms with van der Waals surface area (Å²) >= 11 is 0. The third-order valence-corrected chi connectivity index (χ3v) is 5.42. The second kappa shape index (κ2) is 9.77. The molecule has 2 aromatic rings. The number of hydrogen-bond acceptors (Lipinski definition) is 3. The number of amides is 3. The summed E-state index contributed by atoms with van der Waals surface area (Å²) < 4.78 is 0. The van der Waals surface area contributed by atoms with E-state index in [9.17, 15) is 14.4 Å². The van der Waals surface area contributed by atoms with Crippen LogP contribution in [-0.2, 0) is 16.0 Å². The van der Waals surface area contributed by atoms with E-state index in [-0.39, 0.29) is 17.7 Å². The number of benzene rings is 2. The van der Waals surface area contributed by atoms with Crippen molar-refractivity contribution >= 4 is 23.4 Å². The number of rotatable bonds is 6. The second-order valence-corrected chi connectivity index (χ2v) is 8.97. The van der Waals surface area contributed by atoms with Crippen molar-refractivity contribution in [3.63, 3.8) is 0 Å². The topological polar surface area (TPSA) is 78.5 Å². The number of nitrogens with one attached hydrogen (secondary N) is 2. The fraction of sp³-hybridized carbons (Fsp3) is 0.400. The minimum absolute atomic E-state index is 0.112. The monoisotopic (exact) mass is 421 g/mol. The van der Waals surface area contributed by atoms with Crippen molar-refractivity contribution in [3.8, 4) is 0 Å². The Kier molecular flexibility index (Phi) is 7.10. The maximum atomic E-state index is 13.1. The quantitative estimate of drug-likeness (QED) is 0.748. The molecule has 1 heterocycles. The molecule has 1 unspecified atom stereocenters. The van der Waals surface area contributed by atoms with E-state index < -0.39 is 11.5 Å². The predicted octanol–water partition coefficient (Wildman–Crippen LogP) is 3.63. The highest BCUT2D eigenvalue weighted by Crippen LogP contribution is 2.23.